The Balaban J connectivity index is 1.97. The Morgan fingerprint density at radius 3 is 3.06 bits per heavy atom. The van der Waals surface area contributed by atoms with Crippen molar-refractivity contribution in [1.29, 1.82) is 0 Å². The third-order valence-corrected chi connectivity index (χ3v) is 4.20. The first-order valence-electron chi connectivity index (χ1n) is 6.31. The Labute approximate surface area is 105 Å². The van der Waals surface area contributed by atoms with Gasteiger partial charge in [0.05, 0.1) is 13.4 Å². The molecule has 98 valence electrons. The predicted molar refractivity (Wildman–Crippen MR) is 68.1 cm³/mol. The second-order valence-corrected chi connectivity index (χ2v) is 5.06. The minimum absolute atomic E-state index is 0.218. The van der Waals surface area contributed by atoms with Gasteiger partial charge >= 0.3 is 0 Å². The number of nitrogens with one attached hydrogen (secondary N) is 2. The lowest BCUT2D eigenvalue weighted by atomic mass is 9.95. The zero-order chi connectivity index (χ0) is 12.7. The van der Waals surface area contributed by atoms with Crippen molar-refractivity contribution in [2.24, 2.45) is 11.8 Å². The van der Waals surface area contributed by atoms with E-state index in [2.05, 4.69) is 27.1 Å². The molecule has 0 amide bonds. The molecule has 18 heavy (non-hydrogen) atoms. The Hall–Kier alpha value is -1.56. The van der Waals surface area contributed by atoms with Crippen molar-refractivity contribution >= 4 is 5.82 Å². The first-order chi connectivity index (χ1) is 8.72. The molecule has 0 aromatic carbocycles. The average Bonchev–Trinajstić information content (AvgIpc) is 2.92. The molecule has 2 aliphatic heterocycles. The maximum absolute atomic E-state index is 11.7. The third-order valence-electron chi connectivity index (χ3n) is 4.20. The van der Waals surface area contributed by atoms with Crippen molar-refractivity contribution in [3.63, 3.8) is 0 Å². The predicted octanol–water partition coefficient (Wildman–Crippen LogP) is -0.177. The summed E-state index contributed by atoms with van der Waals surface area (Å²) in [4.78, 5) is 20.8. The van der Waals surface area contributed by atoms with Crippen LogP contribution < -0.4 is 20.5 Å². The van der Waals surface area contributed by atoms with Crippen molar-refractivity contribution in [2.75, 3.05) is 31.6 Å². The molecule has 2 aliphatic rings. The van der Waals surface area contributed by atoms with Crippen LogP contribution in [-0.2, 0) is 0 Å². The highest BCUT2D eigenvalue weighted by Gasteiger charge is 2.43. The number of fused-ring (bicyclic) bond motifs is 1. The molecule has 6 nitrogen and oxygen atoms in total. The SMILES string of the molecule is COc1c(N2CC3CNCC3C2C)nc[nH]c1=O. The summed E-state index contributed by atoms with van der Waals surface area (Å²) in [5.74, 6) is 2.27. The Morgan fingerprint density at radius 1 is 1.50 bits per heavy atom. The summed E-state index contributed by atoms with van der Waals surface area (Å²) in [6.07, 6.45) is 1.44. The summed E-state index contributed by atoms with van der Waals surface area (Å²) in [5.41, 5.74) is -0.218. The number of methoxy groups -OCH3 is 1. The molecule has 0 spiro atoms. The van der Waals surface area contributed by atoms with E-state index in [1.54, 1.807) is 0 Å². The number of hydrogen-bond acceptors (Lipinski definition) is 5. The van der Waals surface area contributed by atoms with Crippen LogP contribution in [0, 0.1) is 11.8 Å². The van der Waals surface area contributed by atoms with Crippen LogP contribution in [0.25, 0.3) is 0 Å². The van der Waals surface area contributed by atoms with E-state index in [9.17, 15) is 4.79 Å². The summed E-state index contributed by atoms with van der Waals surface area (Å²) < 4.78 is 5.20. The third kappa shape index (κ3) is 1.59. The summed E-state index contributed by atoms with van der Waals surface area (Å²) in [7, 11) is 1.51. The Kier molecular flexibility index (Phi) is 2.74. The van der Waals surface area contributed by atoms with Gasteiger partial charge < -0.3 is 19.9 Å². The van der Waals surface area contributed by atoms with E-state index in [4.69, 9.17) is 4.74 Å². The van der Waals surface area contributed by atoms with Gasteiger partial charge in [-0.15, -0.1) is 0 Å². The number of ether oxygens (including phenoxy) is 1. The van der Waals surface area contributed by atoms with Gasteiger partial charge in [-0.05, 0) is 18.8 Å². The lowest BCUT2D eigenvalue weighted by molar-refractivity contribution is 0.403. The lowest BCUT2D eigenvalue weighted by Gasteiger charge is -2.26. The van der Waals surface area contributed by atoms with E-state index >= 15 is 0 Å². The van der Waals surface area contributed by atoms with E-state index in [0.29, 0.717) is 29.4 Å². The maximum Gasteiger partial charge on any atom is 0.295 e. The summed E-state index contributed by atoms with van der Waals surface area (Å²) >= 11 is 0. The fourth-order valence-corrected chi connectivity index (χ4v) is 3.21. The molecule has 1 aromatic rings. The summed E-state index contributed by atoms with van der Waals surface area (Å²) in [6, 6.07) is 0.383. The van der Waals surface area contributed by atoms with Crippen molar-refractivity contribution in [1.82, 2.24) is 15.3 Å². The molecule has 3 atom stereocenters. The molecular formula is C12H18N4O2. The van der Waals surface area contributed by atoms with Crippen LogP contribution in [0.5, 0.6) is 5.75 Å². The Morgan fingerprint density at radius 2 is 2.33 bits per heavy atom. The van der Waals surface area contributed by atoms with Crippen molar-refractivity contribution in [3.8, 4) is 5.75 Å². The molecule has 0 bridgehead atoms. The topological polar surface area (TPSA) is 70.2 Å². The first kappa shape index (κ1) is 11.5. The van der Waals surface area contributed by atoms with Crippen LogP contribution >= 0.6 is 0 Å². The van der Waals surface area contributed by atoms with E-state index in [-0.39, 0.29) is 5.56 Å². The summed E-state index contributed by atoms with van der Waals surface area (Å²) in [6.45, 7) is 5.23. The van der Waals surface area contributed by atoms with Crippen LogP contribution in [0.15, 0.2) is 11.1 Å². The van der Waals surface area contributed by atoms with Gasteiger partial charge in [0.25, 0.3) is 5.56 Å². The van der Waals surface area contributed by atoms with Gasteiger partial charge in [-0.2, -0.15) is 0 Å². The van der Waals surface area contributed by atoms with E-state index in [0.717, 1.165) is 19.6 Å². The quantitative estimate of drug-likeness (QED) is 0.762. The molecule has 0 aliphatic carbocycles. The highest BCUT2D eigenvalue weighted by molar-refractivity contribution is 5.53. The number of aromatic nitrogens is 2. The molecule has 2 N–H and O–H groups in total. The van der Waals surface area contributed by atoms with Crippen molar-refractivity contribution in [3.05, 3.63) is 16.7 Å². The smallest absolute Gasteiger partial charge is 0.295 e. The van der Waals surface area contributed by atoms with E-state index < -0.39 is 0 Å². The van der Waals surface area contributed by atoms with Gasteiger partial charge in [0, 0.05) is 25.7 Å². The number of nitrogens with zero attached hydrogens (tertiary/aromatic N) is 2. The molecule has 1 aromatic heterocycles. The van der Waals surface area contributed by atoms with Gasteiger partial charge in [-0.1, -0.05) is 0 Å². The lowest BCUT2D eigenvalue weighted by Crippen LogP contribution is -2.35. The fourth-order valence-electron chi connectivity index (χ4n) is 3.21. The molecule has 2 saturated heterocycles. The number of anilines is 1. The molecule has 3 unspecified atom stereocenters. The fraction of sp³-hybridized carbons (Fsp3) is 0.667. The highest BCUT2D eigenvalue weighted by Crippen LogP contribution is 2.37. The second-order valence-electron chi connectivity index (χ2n) is 5.06. The minimum atomic E-state index is -0.218. The largest absolute Gasteiger partial charge is 0.489 e. The second kappa shape index (κ2) is 4.28. The molecule has 6 heteroatoms. The van der Waals surface area contributed by atoms with Crippen LogP contribution in [-0.4, -0.2) is 42.8 Å². The first-order valence-corrected chi connectivity index (χ1v) is 6.31. The van der Waals surface area contributed by atoms with E-state index in [1.165, 1.54) is 13.4 Å². The van der Waals surface area contributed by atoms with Gasteiger partial charge in [0.15, 0.2) is 5.82 Å². The van der Waals surface area contributed by atoms with Crippen molar-refractivity contribution < 1.29 is 4.74 Å². The van der Waals surface area contributed by atoms with Gasteiger partial charge in [-0.3, -0.25) is 4.79 Å². The van der Waals surface area contributed by atoms with Crippen LogP contribution in [0.4, 0.5) is 5.82 Å². The van der Waals surface area contributed by atoms with Crippen LogP contribution in [0.1, 0.15) is 6.92 Å². The normalized spacial score (nSPS) is 30.6. The number of aromatic amines is 1. The molecule has 3 rings (SSSR count). The van der Waals surface area contributed by atoms with E-state index in [1.807, 2.05) is 0 Å². The summed E-state index contributed by atoms with van der Waals surface area (Å²) in [5, 5.41) is 3.42. The maximum atomic E-state index is 11.7. The van der Waals surface area contributed by atoms with Crippen LogP contribution in [0.2, 0.25) is 0 Å². The van der Waals surface area contributed by atoms with Gasteiger partial charge in [-0.25, -0.2) is 4.98 Å². The Bertz CT molecular complexity index is 501. The number of hydrogen-bond donors (Lipinski definition) is 2. The van der Waals surface area contributed by atoms with Gasteiger partial charge in [0.2, 0.25) is 5.75 Å². The molecular weight excluding hydrogens is 232 g/mol. The number of rotatable bonds is 2. The molecule has 0 radical (unpaired) electrons. The number of H-pyrrole nitrogens is 1. The van der Waals surface area contributed by atoms with Crippen LogP contribution in [0.3, 0.4) is 0 Å². The zero-order valence-corrected chi connectivity index (χ0v) is 10.6. The minimum Gasteiger partial charge on any atom is -0.489 e. The molecule has 3 heterocycles. The van der Waals surface area contributed by atoms with Crippen molar-refractivity contribution in [2.45, 2.75) is 13.0 Å². The zero-order valence-electron chi connectivity index (χ0n) is 10.6. The average molecular weight is 250 g/mol. The van der Waals surface area contributed by atoms with Gasteiger partial charge in [0.1, 0.15) is 0 Å². The molecule has 2 fully saturated rings. The molecule has 0 saturated carbocycles. The monoisotopic (exact) mass is 250 g/mol. The standard InChI is InChI=1S/C12H18N4O2/c1-7-9-4-13-3-8(9)5-16(7)11-10(18-2)12(17)15-6-14-11/h6-9,13H,3-5H2,1-2H3,(H,14,15,17). The highest BCUT2D eigenvalue weighted by atomic mass is 16.5.